The van der Waals surface area contributed by atoms with E-state index in [4.69, 9.17) is 37.5 Å². The topological polar surface area (TPSA) is 199 Å². The molecule has 0 saturated carbocycles. The molecule has 2 heterocycles. The first-order valence-electron chi connectivity index (χ1n) is 21.0. The fourth-order valence-electron chi connectivity index (χ4n) is 7.77. The van der Waals surface area contributed by atoms with Gasteiger partial charge in [-0.1, -0.05) is 66.7 Å². The molecule has 17 nitrogen and oxygen atoms in total. The molecule has 1 unspecified atom stereocenters. The summed E-state index contributed by atoms with van der Waals surface area (Å²) in [6, 6.07) is 34.1. The zero-order valence-corrected chi connectivity index (χ0v) is 38.0. The maximum Gasteiger partial charge on any atom is 0.330 e. The van der Waals surface area contributed by atoms with E-state index in [1.807, 2.05) is 107 Å². The van der Waals surface area contributed by atoms with Gasteiger partial charge in [0.2, 0.25) is 0 Å². The fourth-order valence-corrected chi connectivity index (χ4v) is 9.54. The summed E-state index contributed by atoms with van der Waals surface area (Å²) in [7, 11) is 1.23. The van der Waals surface area contributed by atoms with Crippen LogP contribution >= 0.6 is 8.53 Å². The Morgan fingerprint density at radius 2 is 1.46 bits per heavy atom. The molecule has 18 heteroatoms. The summed E-state index contributed by atoms with van der Waals surface area (Å²) in [5.74, 6) is 1.28. The van der Waals surface area contributed by atoms with E-state index >= 15 is 0 Å². The van der Waals surface area contributed by atoms with Gasteiger partial charge in [0, 0.05) is 30.4 Å². The molecule has 0 spiro atoms. The Morgan fingerprint density at radius 1 is 0.862 bits per heavy atom. The van der Waals surface area contributed by atoms with Crippen LogP contribution in [0.2, 0.25) is 0 Å². The number of nitrogens with one attached hydrogen (secondary N) is 1. The second kappa shape index (κ2) is 22.9. The summed E-state index contributed by atoms with van der Waals surface area (Å²) in [6.45, 7) is 7.31. The van der Waals surface area contributed by atoms with Crippen molar-refractivity contribution in [3.63, 3.8) is 0 Å². The van der Waals surface area contributed by atoms with Crippen molar-refractivity contribution in [1.29, 1.82) is 5.26 Å². The van der Waals surface area contributed by atoms with Gasteiger partial charge in [-0.25, -0.2) is 9.46 Å². The molecule has 1 aromatic heterocycles. The van der Waals surface area contributed by atoms with Crippen LogP contribution in [0.3, 0.4) is 0 Å². The minimum Gasteiger partial charge on any atom is -0.497 e. The molecule has 65 heavy (non-hydrogen) atoms. The first-order chi connectivity index (χ1) is 31.4. The van der Waals surface area contributed by atoms with Gasteiger partial charge in [0.1, 0.15) is 42.2 Å². The van der Waals surface area contributed by atoms with Crippen molar-refractivity contribution in [2.75, 3.05) is 34.2 Å². The van der Waals surface area contributed by atoms with E-state index in [0.717, 1.165) is 16.7 Å². The fraction of sp³-hybridized carbons (Fsp3) is 0.383. The third kappa shape index (κ3) is 11.5. The average molecular weight is 912 g/mol. The van der Waals surface area contributed by atoms with E-state index in [2.05, 4.69) is 15.7 Å². The highest BCUT2D eigenvalue weighted by Crippen LogP contribution is 2.51. The minimum absolute atomic E-state index is 0.0618. The number of nitro benzene ring substituents is 1. The molecule has 1 fully saturated rings. The number of ether oxygens (including phenoxy) is 6. The van der Waals surface area contributed by atoms with Gasteiger partial charge in [-0.05, 0) is 74.7 Å². The lowest BCUT2D eigenvalue weighted by Crippen LogP contribution is -2.43. The molecule has 0 bridgehead atoms. The standard InChI is InChI=1S/C47H54N5O12P/c1-32(2)51(33(3)4)65(62-28-12-26-48)64-43-41(63-45(50-27-25-42(53)49-46(50)54)44(43)60-31-59-29-34-13-10-11-16-40(34)52(55)56)30-61-47(35-14-8-7-9-15-35,36-17-21-38(57-5)22-18-36)37-19-23-39(58-6)24-20-37/h7-11,13-25,27,32-33,41,43-45H,12,28-31H2,1-6H3,(H,49,53,54)/t41-,43-,44-,45-,65?/m0/s1. The van der Waals surface area contributed by atoms with E-state index in [9.17, 15) is 25.0 Å². The predicted molar refractivity (Wildman–Crippen MR) is 241 cm³/mol. The second-order valence-corrected chi connectivity index (χ2v) is 16.9. The first-order valence-corrected chi connectivity index (χ1v) is 22.2. The Kier molecular flexibility index (Phi) is 17.1. The van der Waals surface area contributed by atoms with Crippen LogP contribution in [0.4, 0.5) is 5.69 Å². The molecule has 4 aromatic carbocycles. The molecular weight excluding hydrogens is 858 g/mol. The van der Waals surface area contributed by atoms with Gasteiger partial charge in [0.15, 0.2) is 6.23 Å². The average Bonchev–Trinajstić information content (AvgIpc) is 3.64. The minimum atomic E-state index is -1.95. The molecule has 344 valence electrons. The second-order valence-electron chi connectivity index (χ2n) is 15.5. The summed E-state index contributed by atoms with van der Waals surface area (Å²) >= 11 is 0. The van der Waals surface area contributed by atoms with E-state index in [-0.39, 0.29) is 44.0 Å². The number of methoxy groups -OCH3 is 2. The summed E-state index contributed by atoms with van der Waals surface area (Å²) in [6.07, 6.45) is -3.05. The lowest BCUT2D eigenvalue weighted by atomic mass is 9.80. The lowest BCUT2D eigenvalue weighted by Gasteiger charge is -2.39. The number of hydrogen-bond acceptors (Lipinski definition) is 14. The molecule has 1 N–H and O–H groups in total. The number of para-hydroxylation sites is 1. The number of nitrogens with zero attached hydrogens (tertiary/aromatic N) is 4. The number of rotatable bonds is 23. The summed E-state index contributed by atoms with van der Waals surface area (Å²) in [5.41, 5.74) is -0.192. The number of benzene rings is 4. The summed E-state index contributed by atoms with van der Waals surface area (Å²) < 4.78 is 54.3. The quantitative estimate of drug-likeness (QED) is 0.0168. The van der Waals surface area contributed by atoms with Crippen LogP contribution in [0.25, 0.3) is 0 Å². The normalized spacial score (nSPS) is 17.9. The monoisotopic (exact) mass is 911 g/mol. The van der Waals surface area contributed by atoms with Gasteiger partial charge < -0.3 is 37.5 Å². The van der Waals surface area contributed by atoms with E-state index < -0.39 is 61.6 Å². The Hall–Kier alpha value is -5.80. The molecule has 5 atom stereocenters. The zero-order chi connectivity index (χ0) is 46.5. The molecule has 6 rings (SSSR count). The summed E-state index contributed by atoms with van der Waals surface area (Å²) in [4.78, 5) is 39.5. The van der Waals surface area contributed by atoms with Crippen molar-refractivity contribution in [2.24, 2.45) is 0 Å². The van der Waals surface area contributed by atoms with Crippen LogP contribution in [0, 0.1) is 21.4 Å². The SMILES string of the molecule is COc1ccc(C(OC[C@@H]2O[C@H](n3ccc(=O)[nH]c3=O)[C@@H](OCOCc3ccccc3[N+](=O)[O-])[C@H]2OP(OCCC#N)N(C(C)C)C(C)C)(c2ccccc2)c2ccc(OC)cc2)cc1. The number of aromatic amines is 1. The highest BCUT2D eigenvalue weighted by atomic mass is 31.2. The van der Waals surface area contributed by atoms with Gasteiger partial charge in [-0.3, -0.25) is 24.5 Å². The van der Waals surface area contributed by atoms with E-state index in [0.29, 0.717) is 17.1 Å². The van der Waals surface area contributed by atoms with Crippen molar-refractivity contribution in [3.8, 4) is 17.6 Å². The van der Waals surface area contributed by atoms with Gasteiger partial charge in [-0.2, -0.15) is 5.26 Å². The Bertz CT molecular complexity index is 2410. The van der Waals surface area contributed by atoms with Gasteiger partial charge in [0.05, 0.1) is 57.0 Å². The van der Waals surface area contributed by atoms with E-state index in [1.165, 1.54) is 22.9 Å². The van der Waals surface area contributed by atoms with Crippen molar-refractivity contribution in [2.45, 2.75) is 82.9 Å². The third-order valence-electron chi connectivity index (χ3n) is 10.7. The molecule has 1 aliphatic rings. The highest BCUT2D eigenvalue weighted by molar-refractivity contribution is 7.44. The molecule has 0 radical (unpaired) electrons. The maximum atomic E-state index is 13.6. The number of H-pyrrole nitrogens is 1. The maximum absolute atomic E-state index is 13.6. The first kappa shape index (κ1) is 48.7. The van der Waals surface area contributed by atoms with Crippen LogP contribution in [-0.2, 0) is 40.2 Å². The zero-order valence-electron chi connectivity index (χ0n) is 37.1. The molecule has 0 amide bonds. The highest BCUT2D eigenvalue weighted by Gasteiger charge is 2.51. The smallest absolute Gasteiger partial charge is 0.330 e. The molecule has 5 aromatic rings. The number of nitriles is 1. The molecular formula is C47H54N5O12P. The van der Waals surface area contributed by atoms with Crippen molar-refractivity contribution >= 4 is 14.2 Å². The number of hydrogen-bond donors (Lipinski definition) is 1. The van der Waals surface area contributed by atoms with Crippen molar-refractivity contribution < 1.29 is 42.4 Å². The Morgan fingerprint density at radius 3 is 2.03 bits per heavy atom. The van der Waals surface area contributed by atoms with Crippen LogP contribution in [-0.4, -0.2) is 83.8 Å². The molecule has 1 aliphatic heterocycles. The predicted octanol–water partition coefficient (Wildman–Crippen LogP) is 7.59. The van der Waals surface area contributed by atoms with Crippen molar-refractivity contribution in [3.05, 3.63) is 169 Å². The molecule has 0 aliphatic carbocycles. The van der Waals surface area contributed by atoms with Crippen LogP contribution in [0.1, 0.15) is 62.6 Å². The van der Waals surface area contributed by atoms with Crippen LogP contribution in [0.15, 0.2) is 125 Å². The lowest BCUT2D eigenvalue weighted by molar-refractivity contribution is -0.386. The van der Waals surface area contributed by atoms with Gasteiger partial charge in [0.25, 0.3) is 19.8 Å². The van der Waals surface area contributed by atoms with Crippen molar-refractivity contribution in [1.82, 2.24) is 14.2 Å². The van der Waals surface area contributed by atoms with Gasteiger partial charge >= 0.3 is 5.69 Å². The third-order valence-corrected chi connectivity index (χ3v) is 12.8. The Balaban J connectivity index is 1.47. The van der Waals surface area contributed by atoms with Crippen LogP contribution in [0.5, 0.6) is 11.5 Å². The number of aromatic nitrogens is 2. The molecule has 1 saturated heterocycles. The summed E-state index contributed by atoms with van der Waals surface area (Å²) in [5, 5.41) is 21.3. The van der Waals surface area contributed by atoms with Gasteiger partial charge in [-0.15, -0.1) is 0 Å². The van der Waals surface area contributed by atoms with E-state index in [1.54, 1.807) is 32.4 Å². The van der Waals surface area contributed by atoms with Crippen LogP contribution < -0.4 is 20.7 Å². The largest absolute Gasteiger partial charge is 0.497 e. The number of nitro groups is 1. The Labute approximate surface area is 378 Å².